The van der Waals surface area contributed by atoms with Gasteiger partial charge in [0.15, 0.2) is 0 Å². The molecule has 0 spiro atoms. The highest BCUT2D eigenvalue weighted by atomic mass is 16.5. The van der Waals surface area contributed by atoms with Gasteiger partial charge in [-0.2, -0.15) is 0 Å². The second-order valence-electron chi connectivity index (χ2n) is 24.8. The maximum absolute atomic E-state index is 10.1. The average Bonchev–Trinajstić information content (AvgIpc) is 1.62. The molecule has 0 fully saturated rings. The number of hydrogen-bond acceptors (Lipinski definition) is 5. The minimum absolute atomic E-state index is 0.106. The van der Waals surface area contributed by atoms with Crippen LogP contribution in [0.4, 0.5) is 22.7 Å². The fraction of sp³-hybridized carbons (Fsp3) is 0.167. The molecule has 0 N–H and O–H groups in total. The van der Waals surface area contributed by atoms with Crippen LogP contribution in [0.15, 0.2) is 236 Å². The third-order valence-corrected chi connectivity index (χ3v) is 16.0. The summed E-state index contributed by atoms with van der Waals surface area (Å²) in [6, 6.07) is 43.7. The first kappa shape index (κ1) is 39.7. The van der Waals surface area contributed by atoms with Crippen molar-refractivity contribution in [2.75, 3.05) is 16.5 Å². The van der Waals surface area contributed by atoms with Gasteiger partial charge >= 0.3 is 0 Å². The fourth-order valence-electron chi connectivity index (χ4n) is 11.6. The maximum Gasteiger partial charge on any atom is 0.137 e. The number of hydrogen-bond donors (Lipinski definition) is 0. The van der Waals surface area contributed by atoms with Crippen molar-refractivity contribution in [3.8, 4) is 84.5 Å². The number of ether oxygens (including phenoxy) is 2. The van der Waals surface area contributed by atoms with Gasteiger partial charge in [-0.05, 0) is 151 Å². The molecule has 4 aliphatic rings. The second-order valence-corrected chi connectivity index (χ2v) is 24.8. The number of aromatic nitrogens is 2. The van der Waals surface area contributed by atoms with Gasteiger partial charge < -0.3 is 19.3 Å². The standard InChI is InChI=1S/C78H68N4O2/c1-76(2,3)56-40-54(51-23-14-11-15-24-51)39-55(41-56)65-43-57(77(4,5)6)44-66-64-27-16-19-30-73(64)84-59-34-31-52(32-35-59)67-48-79-74(47-68(67)78(7,8)9)82-71-42-53(50-21-12-10-13-22-50)33-37-62(71)63-38-36-61(46-72(63)82)83-60-26-20-25-58(45-60)80-49-81(75(65)66)70-29-18-17-28-69(70)80/h10-48H,49H2,1-9H3/i10D,11D,12D,13D,14D,15D,21D,22D,23D,24D,33D,37D,42D. The quantitative estimate of drug-likeness (QED) is 0.176. The SMILES string of the molecule is [2H]c1c([2H])c([2H])c(-c2cc(-c3cc(C(C)(C)C)cc4c3N3CN(c5cccc(c5)Oc5ccc6c7c([2H])c([2H])c(-c8c([2H])c([2H])c([2H])c([2H])c8[2H])c([2H])c7n(c6c5)-c5cc(C(C)(C)C)c(cn5)-c5ccc(cc5)Oc5ccccc5-4)c4ccccc43)cc(C(C)(C)C)c2)c([2H])c1[2H]. The van der Waals surface area contributed by atoms with Gasteiger partial charge in [0.1, 0.15) is 35.5 Å². The molecule has 10 aromatic carbocycles. The van der Waals surface area contributed by atoms with E-state index < -0.39 is 70.6 Å². The van der Waals surface area contributed by atoms with Crippen LogP contribution in [-0.4, -0.2) is 16.2 Å². The molecular formula is C78H68N4O2. The lowest BCUT2D eigenvalue weighted by molar-refractivity contribution is 0.483. The Morgan fingerprint density at radius 2 is 1.07 bits per heavy atom. The smallest absolute Gasteiger partial charge is 0.137 e. The molecule has 0 aliphatic carbocycles. The Morgan fingerprint density at radius 1 is 0.429 bits per heavy atom. The van der Waals surface area contributed by atoms with Crippen molar-refractivity contribution in [2.24, 2.45) is 0 Å². The lowest BCUT2D eigenvalue weighted by atomic mass is 9.79. The maximum atomic E-state index is 10.1. The zero-order valence-corrected chi connectivity index (χ0v) is 48.3. The van der Waals surface area contributed by atoms with Crippen LogP contribution < -0.4 is 19.3 Å². The van der Waals surface area contributed by atoms with Crippen LogP contribution in [0.3, 0.4) is 0 Å². The minimum atomic E-state index is -0.626. The van der Waals surface area contributed by atoms with Crippen LogP contribution in [0, 0.1) is 0 Å². The molecule has 0 atom stereocenters. The van der Waals surface area contributed by atoms with Gasteiger partial charge in [-0.15, -0.1) is 0 Å². The summed E-state index contributed by atoms with van der Waals surface area (Å²) in [7, 11) is 0. The summed E-state index contributed by atoms with van der Waals surface area (Å²) < 4.78 is 133. The molecule has 0 radical (unpaired) electrons. The summed E-state index contributed by atoms with van der Waals surface area (Å²) in [6.07, 6.45) is 1.78. The predicted octanol–water partition coefficient (Wildman–Crippen LogP) is 21.6. The van der Waals surface area contributed by atoms with E-state index >= 15 is 0 Å². The molecule has 10 bridgehead atoms. The number of anilines is 4. The highest BCUT2D eigenvalue weighted by molar-refractivity contribution is 6.10. The van der Waals surface area contributed by atoms with E-state index in [0.717, 1.165) is 72.8 Å². The van der Waals surface area contributed by atoms with Gasteiger partial charge in [-0.3, -0.25) is 4.57 Å². The van der Waals surface area contributed by atoms with Crippen LogP contribution >= 0.6 is 0 Å². The lowest BCUT2D eigenvalue weighted by Crippen LogP contribution is -2.25. The number of fused-ring (bicyclic) bond motifs is 5. The topological polar surface area (TPSA) is 42.8 Å². The van der Waals surface area contributed by atoms with Crippen LogP contribution in [-0.2, 0) is 16.2 Å². The predicted molar refractivity (Wildman–Crippen MR) is 350 cm³/mol. The average molecular weight is 1110 g/mol. The number of para-hydroxylation sites is 3. The van der Waals surface area contributed by atoms with Crippen molar-refractivity contribution in [3.63, 3.8) is 0 Å². The molecule has 84 heavy (non-hydrogen) atoms. The summed E-state index contributed by atoms with van der Waals surface area (Å²) in [6.45, 7) is 19.4. The first-order valence-electron chi connectivity index (χ1n) is 34.8. The molecule has 6 heteroatoms. The van der Waals surface area contributed by atoms with Crippen molar-refractivity contribution < 1.29 is 27.3 Å². The molecule has 0 unspecified atom stereocenters. The van der Waals surface area contributed by atoms with Crippen LogP contribution in [0.2, 0.25) is 0 Å². The van der Waals surface area contributed by atoms with Crippen LogP contribution in [0.1, 0.15) is 96.8 Å². The molecule has 0 saturated carbocycles. The third kappa shape index (κ3) is 9.46. The molecule has 16 rings (SSSR count). The molecule has 4 aliphatic heterocycles. The van der Waals surface area contributed by atoms with E-state index in [0.29, 0.717) is 52.0 Å². The Balaban J connectivity index is 1.04. The third-order valence-electron chi connectivity index (χ3n) is 16.0. The Labute approximate surface area is 512 Å². The van der Waals surface area contributed by atoms with E-state index in [2.05, 4.69) is 109 Å². The van der Waals surface area contributed by atoms with Crippen molar-refractivity contribution in [2.45, 2.75) is 78.6 Å². The van der Waals surface area contributed by atoms with Gasteiger partial charge in [0.2, 0.25) is 0 Å². The molecule has 6 heterocycles. The van der Waals surface area contributed by atoms with E-state index in [4.69, 9.17) is 25.4 Å². The first-order chi connectivity index (χ1) is 45.9. The largest absolute Gasteiger partial charge is 0.457 e. The molecule has 6 nitrogen and oxygen atoms in total. The highest BCUT2D eigenvalue weighted by Crippen LogP contribution is 2.54. The number of benzene rings is 10. The van der Waals surface area contributed by atoms with Crippen LogP contribution in [0.25, 0.3) is 83.3 Å². The van der Waals surface area contributed by atoms with Gasteiger partial charge in [0.25, 0.3) is 0 Å². The van der Waals surface area contributed by atoms with Crippen molar-refractivity contribution in [1.82, 2.24) is 9.55 Å². The fourth-order valence-corrected chi connectivity index (χ4v) is 11.6. The summed E-state index contributed by atoms with van der Waals surface area (Å²) in [5.41, 5.74) is 10.2. The summed E-state index contributed by atoms with van der Waals surface area (Å²) in [5.74, 6) is 2.37. The van der Waals surface area contributed by atoms with Gasteiger partial charge in [-0.25, -0.2) is 4.98 Å². The minimum Gasteiger partial charge on any atom is -0.457 e. The molecule has 412 valence electrons. The summed E-state index contributed by atoms with van der Waals surface area (Å²) in [5, 5.41) is 0.733. The second kappa shape index (κ2) is 20.1. The molecule has 12 aromatic rings. The van der Waals surface area contributed by atoms with Crippen molar-refractivity contribution >= 4 is 44.6 Å². The first-order valence-corrected chi connectivity index (χ1v) is 28.3. The number of rotatable bonds is 3. The molecule has 0 saturated heterocycles. The summed E-state index contributed by atoms with van der Waals surface area (Å²) in [4.78, 5) is 9.70. The Bertz CT molecular complexity index is 5280. The zero-order valence-electron chi connectivity index (χ0n) is 61.3. The Morgan fingerprint density at radius 3 is 1.80 bits per heavy atom. The van der Waals surface area contributed by atoms with E-state index in [1.54, 1.807) is 22.9 Å². The lowest BCUT2D eigenvalue weighted by Gasteiger charge is -2.31. The van der Waals surface area contributed by atoms with Crippen molar-refractivity contribution in [3.05, 3.63) is 253 Å². The Hall–Kier alpha value is -9.65. The normalized spacial score (nSPS) is 15.3. The van der Waals surface area contributed by atoms with E-state index in [1.807, 2.05) is 103 Å². The van der Waals surface area contributed by atoms with E-state index in [1.165, 1.54) is 0 Å². The van der Waals surface area contributed by atoms with Gasteiger partial charge in [0.05, 0.1) is 45.9 Å². The van der Waals surface area contributed by atoms with Crippen LogP contribution in [0.5, 0.6) is 23.0 Å². The van der Waals surface area contributed by atoms with Gasteiger partial charge in [-0.1, -0.05) is 195 Å². The van der Waals surface area contributed by atoms with Crippen molar-refractivity contribution in [1.29, 1.82) is 0 Å². The summed E-state index contributed by atoms with van der Waals surface area (Å²) >= 11 is 0. The number of nitrogens with zero attached hydrogens (tertiary/aromatic N) is 4. The Kier molecular flexibility index (Phi) is 9.49. The van der Waals surface area contributed by atoms with E-state index in [9.17, 15) is 6.85 Å². The highest BCUT2D eigenvalue weighted by Gasteiger charge is 2.34. The number of pyridine rings is 1. The molecule has 2 aromatic heterocycles. The molecular weight excluding hydrogens is 1020 g/mol. The zero-order chi connectivity index (χ0) is 69.0. The monoisotopic (exact) mass is 1110 g/mol. The van der Waals surface area contributed by atoms with E-state index in [-0.39, 0.29) is 51.8 Å². The molecule has 0 amide bonds. The van der Waals surface area contributed by atoms with Gasteiger partial charge in [0, 0.05) is 57.0 Å².